The van der Waals surface area contributed by atoms with Crippen LogP contribution in [0.4, 0.5) is 0 Å². The SMILES string of the molecule is Cc1ccccc1COc1ccc(/C(O)=C2\C(=O)C(=O)N(Cc3ccco3)[C@H]2c2cccc(O)c2)cc1. The average Bonchev–Trinajstić information content (AvgIpc) is 3.50. The molecular weight excluding hydrogens is 470 g/mol. The molecule has 5 rings (SSSR count). The Bertz CT molecular complexity index is 1470. The first kappa shape index (κ1) is 23.9. The van der Waals surface area contributed by atoms with Crippen LogP contribution >= 0.6 is 0 Å². The maximum Gasteiger partial charge on any atom is 0.296 e. The lowest BCUT2D eigenvalue weighted by Gasteiger charge is -2.24. The van der Waals surface area contributed by atoms with Crippen LogP contribution in [-0.4, -0.2) is 26.8 Å². The second-order valence-electron chi connectivity index (χ2n) is 8.84. The van der Waals surface area contributed by atoms with Crippen LogP contribution in [0.3, 0.4) is 0 Å². The Morgan fingerprint density at radius 2 is 1.76 bits per heavy atom. The highest BCUT2D eigenvalue weighted by Gasteiger charge is 2.46. The Kier molecular flexibility index (Phi) is 6.51. The minimum Gasteiger partial charge on any atom is -0.508 e. The van der Waals surface area contributed by atoms with E-state index in [1.54, 1.807) is 48.5 Å². The van der Waals surface area contributed by atoms with Crippen LogP contribution in [0, 0.1) is 6.92 Å². The summed E-state index contributed by atoms with van der Waals surface area (Å²) in [7, 11) is 0. The molecule has 1 amide bonds. The molecule has 0 bridgehead atoms. The van der Waals surface area contributed by atoms with Crippen molar-refractivity contribution in [3.05, 3.63) is 125 Å². The number of benzene rings is 3. The van der Waals surface area contributed by atoms with Gasteiger partial charge in [-0.05, 0) is 72.1 Å². The Morgan fingerprint density at radius 3 is 2.46 bits per heavy atom. The van der Waals surface area contributed by atoms with E-state index >= 15 is 0 Å². The molecule has 0 spiro atoms. The van der Waals surface area contributed by atoms with E-state index in [0.717, 1.165) is 11.1 Å². The van der Waals surface area contributed by atoms with Crippen molar-refractivity contribution in [1.82, 2.24) is 4.90 Å². The number of hydrogen-bond acceptors (Lipinski definition) is 6. The van der Waals surface area contributed by atoms with Gasteiger partial charge in [0.2, 0.25) is 0 Å². The highest BCUT2D eigenvalue weighted by atomic mass is 16.5. The van der Waals surface area contributed by atoms with E-state index in [1.807, 2.05) is 31.2 Å². The number of furan rings is 1. The van der Waals surface area contributed by atoms with Crippen molar-refractivity contribution in [2.75, 3.05) is 0 Å². The predicted molar refractivity (Wildman–Crippen MR) is 137 cm³/mol. The van der Waals surface area contributed by atoms with Crippen LogP contribution in [0.1, 0.15) is 34.1 Å². The first-order valence-electron chi connectivity index (χ1n) is 11.8. The van der Waals surface area contributed by atoms with Gasteiger partial charge in [-0.1, -0.05) is 36.4 Å². The fourth-order valence-corrected chi connectivity index (χ4v) is 4.45. The number of aromatic hydroxyl groups is 1. The second-order valence-corrected chi connectivity index (χ2v) is 8.84. The number of aryl methyl sites for hydroxylation is 1. The normalized spacial score (nSPS) is 16.8. The minimum atomic E-state index is -0.908. The summed E-state index contributed by atoms with van der Waals surface area (Å²) in [6, 6.07) is 23.4. The van der Waals surface area contributed by atoms with Crippen molar-refractivity contribution in [3.8, 4) is 11.5 Å². The number of aliphatic hydroxyl groups is 1. The van der Waals surface area contributed by atoms with Gasteiger partial charge in [-0.15, -0.1) is 0 Å². The van der Waals surface area contributed by atoms with Crippen LogP contribution in [0.25, 0.3) is 5.76 Å². The number of aliphatic hydroxyl groups excluding tert-OH is 1. The van der Waals surface area contributed by atoms with Gasteiger partial charge in [-0.3, -0.25) is 9.59 Å². The lowest BCUT2D eigenvalue weighted by Crippen LogP contribution is -2.29. The van der Waals surface area contributed by atoms with Crippen molar-refractivity contribution in [1.29, 1.82) is 0 Å². The van der Waals surface area contributed by atoms with Crippen LogP contribution in [0.2, 0.25) is 0 Å². The molecule has 2 heterocycles. The quantitative estimate of drug-likeness (QED) is 0.200. The number of Topliss-reactive ketones (excluding diaryl/α,β-unsaturated/α-hetero) is 1. The van der Waals surface area contributed by atoms with Crippen LogP contribution in [0.5, 0.6) is 11.5 Å². The molecule has 0 radical (unpaired) electrons. The molecule has 37 heavy (non-hydrogen) atoms. The van der Waals surface area contributed by atoms with E-state index in [-0.39, 0.29) is 23.6 Å². The number of ether oxygens (including phenoxy) is 1. The summed E-state index contributed by atoms with van der Waals surface area (Å²) in [4.78, 5) is 27.5. The van der Waals surface area contributed by atoms with Crippen molar-refractivity contribution < 1.29 is 29.0 Å². The molecule has 1 aliphatic rings. The molecule has 7 nitrogen and oxygen atoms in total. The van der Waals surface area contributed by atoms with E-state index in [9.17, 15) is 19.8 Å². The van der Waals surface area contributed by atoms with E-state index in [1.165, 1.54) is 23.3 Å². The molecule has 2 N–H and O–H groups in total. The number of hydrogen-bond donors (Lipinski definition) is 2. The lowest BCUT2D eigenvalue weighted by atomic mass is 9.95. The van der Waals surface area contributed by atoms with E-state index < -0.39 is 17.7 Å². The zero-order valence-electron chi connectivity index (χ0n) is 20.1. The zero-order chi connectivity index (χ0) is 25.9. The molecule has 1 aliphatic heterocycles. The molecule has 0 aliphatic carbocycles. The number of rotatable bonds is 7. The van der Waals surface area contributed by atoms with Crippen LogP contribution in [-0.2, 0) is 22.7 Å². The highest BCUT2D eigenvalue weighted by Crippen LogP contribution is 2.41. The van der Waals surface area contributed by atoms with Gasteiger partial charge in [0.05, 0.1) is 24.4 Å². The maximum atomic E-state index is 13.2. The number of carbonyl (C=O) groups excluding carboxylic acids is 2. The summed E-state index contributed by atoms with van der Waals surface area (Å²) in [6.07, 6.45) is 1.48. The van der Waals surface area contributed by atoms with Gasteiger partial charge in [0.15, 0.2) is 0 Å². The van der Waals surface area contributed by atoms with E-state index in [4.69, 9.17) is 9.15 Å². The number of carbonyl (C=O) groups is 2. The molecule has 7 heteroatoms. The van der Waals surface area contributed by atoms with E-state index in [2.05, 4.69) is 0 Å². The van der Waals surface area contributed by atoms with Gasteiger partial charge in [-0.2, -0.15) is 0 Å². The molecule has 4 aromatic rings. The largest absolute Gasteiger partial charge is 0.508 e. The molecule has 1 fully saturated rings. The number of likely N-dealkylation sites (tertiary alicyclic amines) is 1. The third-order valence-electron chi connectivity index (χ3n) is 6.42. The molecule has 1 saturated heterocycles. The van der Waals surface area contributed by atoms with Gasteiger partial charge in [-0.25, -0.2) is 0 Å². The molecule has 0 unspecified atom stereocenters. The predicted octanol–water partition coefficient (Wildman–Crippen LogP) is 5.49. The van der Waals surface area contributed by atoms with Gasteiger partial charge in [0.1, 0.15) is 29.6 Å². The number of nitrogens with zero attached hydrogens (tertiary/aromatic N) is 1. The maximum absolute atomic E-state index is 13.2. The van der Waals surface area contributed by atoms with Gasteiger partial charge in [0.25, 0.3) is 11.7 Å². The zero-order valence-corrected chi connectivity index (χ0v) is 20.1. The first-order valence-corrected chi connectivity index (χ1v) is 11.8. The third-order valence-corrected chi connectivity index (χ3v) is 6.42. The molecule has 186 valence electrons. The summed E-state index contributed by atoms with van der Waals surface area (Å²) in [5.74, 6) is -0.804. The summed E-state index contributed by atoms with van der Waals surface area (Å²) in [5.41, 5.74) is 2.99. The van der Waals surface area contributed by atoms with Gasteiger partial charge >= 0.3 is 0 Å². The molecule has 0 saturated carbocycles. The van der Waals surface area contributed by atoms with Gasteiger partial charge < -0.3 is 24.3 Å². The second kappa shape index (κ2) is 10.1. The molecule has 1 atom stereocenters. The van der Waals surface area contributed by atoms with Crippen LogP contribution in [0.15, 0.2) is 101 Å². The lowest BCUT2D eigenvalue weighted by molar-refractivity contribution is -0.140. The fourth-order valence-electron chi connectivity index (χ4n) is 4.45. The Balaban J connectivity index is 1.47. The van der Waals surface area contributed by atoms with Crippen molar-refractivity contribution in [2.45, 2.75) is 26.1 Å². The summed E-state index contributed by atoms with van der Waals surface area (Å²) < 4.78 is 11.3. The molecule has 1 aromatic heterocycles. The van der Waals surface area contributed by atoms with Crippen LogP contribution < -0.4 is 4.74 Å². The standard InChI is InChI=1S/C30H25NO6/c1-19-6-2-3-7-22(19)18-37-24-13-11-20(12-14-24)28(33)26-27(21-8-4-9-23(32)16-21)31(30(35)29(26)34)17-25-10-5-15-36-25/h2-16,27,32-33H,17-18H2,1H3/b28-26+/t27-/m0/s1. The highest BCUT2D eigenvalue weighted by molar-refractivity contribution is 6.46. The summed E-state index contributed by atoms with van der Waals surface area (Å²) >= 11 is 0. The number of phenols is 1. The van der Waals surface area contributed by atoms with Crippen molar-refractivity contribution in [3.63, 3.8) is 0 Å². The number of ketones is 1. The van der Waals surface area contributed by atoms with Crippen molar-refractivity contribution >= 4 is 17.4 Å². The molecular formula is C30H25NO6. The first-order chi connectivity index (χ1) is 17.9. The topological polar surface area (TPSA) is 100 Å². The molecule has 3 aromatic carbocycles. The number of amides is 1. The van der Waals surface area contributed by atoms with E-state index in [0.29, 0.717) is 29.2 Å². The number of phenolic OH excluding ortho intramolecular Hbond substituents is 1. The Labute approximate surface area is 213 Å². The van der Waals surface area contributed by atoms with Gasteiger partial charge in [0, 0.05) is 5.56 Å². The average molecular weight is 496 g/mol. The fraction of sp³-hybridized carbons (Fsp3) is 0.133. The smallest absolute Gasteiger partial charge is 0.296 e. The van der Waals surface area contributed by atoms with Crippen molar-refractivity contribution in [2.24, 2.45) is 0 Å². The Hall–Kier alpha value is -4.78. The summed E-state index contributed by atoms with van der Waals surface area (Å²) in [6.45, 7) is 2.44. The third kappa shape index (κ3) is 4.84. The minimum absolute atomic E-state index is 0.0174. The Morgan fingerprint density at radius 1 is 0.973 bits per heavy atom. The summed E-state index contributed by atoms with van der Waals surface area (Å²) in [5, 5.41) is 21.3. The monoisotopic (exact) mass is 495 g/mol.